The number of aryl methyl sites for hydroxylation is 1. The van der Waals surface area contributed by atoms with E-state index in [0.717, 1.165) is 29.2 Å². The molecule has 0 fully saturated rings. The van der Waals surface area contributed by atoms with E-state index < -0.39 is 0 Å². The van der Waals surface area contributed by atoms with Gasteiger partial charge in [-0.25, -0.2) is 4.98 Å². The number of rotatable bonds is 6. The van der Waals surface area contributed by atoms with Crippen molar-refractivity contribution in [2.24, 2.45) is 0 Å². The molecule has 0 saturated carbocycles. The molecule has 1 heterocycles. The highest BCUT2D eigenvalue weighted by Crippen LogP contribution is 2.21. The molecule has 0 saturated heterocycles. The van der Waals surface area contributed by atoms with Crippen LogP contribution in [0.2, 0.25) is 0 Å². The monoisotopic (exact) mass is 339 g/mol. The van der Waals surface area contributed by atoms with Gasteiger partial charge in [-0.15, -0.1) is 11.3 Å². The van der Waals surface area contributed by atoms with Crippen LogP contribution in [0.4, 0.5) is 5.69 Å². The highest BCUT2D eigenvalue weighted by atomic mass is 32.1. The first kappa shape index (κ1) is 16.6. The van der Waals surface area contributed by atoms with Gasteiger partial charge in [0.15, 0.2) is 0 Å². The fraction of sp³-hybridized carbons (Fsp3) is 0.263. The number of nitrogens with zero attached hydrogens (tertiary/aromatic N) is 1. The van der Waals surface area contributed by atoms with Gasteiger partial charge in [-0.1, -0.05) is 29.8 Å². The number of nitrogens with one attached hydrogen (secondary N) is 2. The summed E-state index contributed by atoms with van der Waals surface area (Å²) in [4.78, 5) is 16.8. The van der Waals surface area contributed by atoms with Crippen molar-refractivity contribution < 1.29 is 4.79 Å². The lowest BCUT2D eigenvalue weighted by atomic mass is 10.2. The lowest BCUT2D eigenvalue weighted by Gasteiger charge is -2.13. The minimum absolute atomic E-state index is 0.0249. The minimum Gasteiger partial charge on any atom is -0.325 e. The third kappa shape index (κ3) is 4.19. The van der Waals surface area contributed by atoms with Gasteiger partial charge in [0, 0.05) is 18.7 Å². The SMILES string of the molecule is Cc1ccc(NC(=O)[C@@H](C)NCCc2nc3ccccc3s2)cc1. The van der Waals surface area contributed by atoms with Crippen LogP contribution < -0.4 is 10.6 Å². The second kappa shape index (κ2) is 7.55. The maximum absolute atomic E-state index is 12.2. The minimum atomic E-state index is -0.249. The van der Waals surface area contributed by atoms with Crippen LogP contribution in [0.15, 0.2) is 48.5 Å². The molecule has 0 spiro atoms. The molecule has 0 unspecified atom stereocenters. The zero-order chi connectivity index (χ0) is 16.9. The first-order valence-corrected chi connectivity index (χ1v) is 8.89. The first-order chi connectivity index (χ1) is 11.6. The van der Waals surface area contributed by atoms with Crippen LogP contribution in [0.1, 0.15) is 17.5 Å². The van der Waals surface area contributed by atoms with E-state index in [2.05, 4.69) is 21.7 Å². The summed E-state index contributed by atoms with van der Waals surface area (Å²) in [6, 6.07) is 15.7. The number of anilines is 1. The second-order valence-electron chi connectivity index (χ2n) is 5.86. The lowest BCUT2D eigenvalue weighted by molar-refractivity contribution is -0.117. The summed E-state index contributed by atoms with van der Waals surface area (Å²) in [7, 11) is 0. The van der Waals surface area contributed by atoms with Gasteiger partial charge in [-0.05, 0) is 38.1 Å². The van der Waals surface area contributed by atoms with E-state index in [0.29, 0.717) is 0 Å². The molecule has 1 amide bonds. The summed E-state index contributed by atoms with van der Waals surface area (Å²) < 4.78 is 1.21. The van der Waals surface area contributed by atoms with Crippen molar-refractivity contribution in [1.82, 2.24) is 10.3 Å². The molecular formula is C19H21N3OS. The summed E-state index contributed by atoms with van der Waals surface area (Å²) in [5.41, 5.74) is 3.04. The third-order valence-electron chi connectivity index (χ3n) is 3.84. The van der Waals surface area contributed by atoms with Gasteiger partial charge in [0.1, 0.15) is 0 Å². The molecule has 5 heteroatoms. The Kier molecular flexibility index (Phi) is 5.23. The summed E-state index contributed by atoms with van der Waals surface area (Å²) >= 11 is 1.71. The largest absolute Gasteiger partial charge is 0.325 e. The van der Waals surface area contributed by atoms with Gasteiger partial charge < -0.3 is 10.6 Å². The number of thiazole rings is 1. The topological polar surface area (TPSA) is 54.0 Å². The third-order valence-corrected chi connectivity index (χ3v) is 4.94. The molecule has 2 N–H and O–H groups in total. The van der Waals surface area contributed by atoms with Crippen molar-refractivity contribution in [2.75, 3.05) is 11.9 Å². The van der Waals surface area contributed by atoms with Crippen LogP contribution in [-0.2, 0) is 11.2 Å². The molecule has 4 nitrogen and oxygen atoms in total. The fourth-order valence-corrected chi connectivity index (χ4v) is 3.37. The van der Waals surface area contributed by atoms with Crippen molar-refractivity contribution >= 4 is 33.1 Å². The number of fused-ring (bicyclic) bond motifs is 1. The zero-order valence-electron chi connectivity index (χ0n) is 13.9. The van der Waals surface area contributed by atoms with E-state index in [1.54, 1.807) is 11.3 Å². The molecule has 1 atom stereocenters. The number of benzene rings is 2. The average Bonchev–Trinajstić information content (AvgIpc) is 2.99. The average molecular weight is 339 g/mol. The molecule has 0 aliphatic carbocycles. The van der Waals surface area contributed by atoms with E-state index in [-0.39, 0.29) is 11.9 Å². The van der Waals surface area contributed by atoms with E-state index in [1.807, 2.05) is 56.3 Å². The Morgan fingerprint density at radius 2 is 1.92 bits per heavy atom. The van der Waals surface area contributed by atoms with Crippen molar-refractivity contribution in [3.8, 4) is 0 Å². The highest BCUT2D eigenvalue weighted by Gasteiger charge is 2.12. The van der Waals surface area contributed by atoms with Gasteiger partial charge in [0.05, 0.1) is 21.3 Å². The van der Waals surface area contributed by atoms with Crippen LogP contribution in [0.5, 0.6) is 0 Å². The van der Waals surface area contributed by atoms with Gasteiger partial charge in [-0.2, -0.15) is 0 Å². The van der Waals surface area contributed by atoms with Crippen molar-refractivity contribution in [1.29, 1.82) is 0 Å². The van der Waals surface area contributed by atoms with Crippen molar-refractivity contribution in [2.45, 2.75) is 26.3 Å². The number of aromatic nitrogens is 1. The molecule has 0 radical (unpaired) electrons. The Labute approximate surface area is 145 Å². The Bertz CT molecular complexity index is 793. The number of carbonyl (C=O) groups is 1. The summed E-state index contributed by atoms with van der Waals surface area (Å²) in [6.45, 7) is 4.63. The maximum atomic E-state index is 12.2. The molecule has 3 aromatic rings. The number of carbonyl (C=O) groups excluding carboxylic acids is 1. The molecule has 2 aromatic carbocycles. The van der Waals surface area contributed by atoms with E-state index >= 15 is 0 Å². The van der Waals surface area contributed by atoms with E-state index in [4.69, 9.17) is 0 Å². The predicted molar refractivity (Wildman–Crippen MR) is 101 cm³/mol. The Balaban J connectivity index is 1.48. The van der Waals surface area contributed by atoms with Crippen LogP contribution in [0.25, 0.3) is 10.2 Å². The maximum Gasteiger partial charge on any atom is 0.241 e. The zero-order valence-corrected chi connectivity index (χ0v) is 14.7. The molecular weight excluding hydrogens is 318 g/mol. The molecule has 0 bridgehead atoms. The van der Waals surface area contributed by atoms with Crippen molar-refractivity contribution in [3.63, 3.8) is 0 Å². The number of amides is 1. The summed E-state index contributed by atoms with van der Waals surface area (Å²) in [5, 5.41) is 7.28. The van der Waals surface area contributed by atoms with Crippen molar-refractivity contribution in [3.05, 3.63) is 59.1 Å². The fourth-order valence-electron chi connectivity index (χ4n) is 2.40. The molecule has 1 aromatic heterocycles. The Morgan fingerprint density at radius 1 is 1.17 bits per heavy atom. The summed E-state index contributed by atoms with van der Waals surface area (Å²) in [5.74, 6) is -0.0249. The first-order valence-electron chi connectivity index (χ1n) is 8.07. The van der Waals surface area contributed by atoms with Crippen LogP contribution in [-0.4, -0.2) is 23.5 Å². The normalized spacial score (nSPS) is 12.2. The van der Waals surface area contributed by atoms with Gasteiger partial charge in [-0.3, -0.25) is 4.79 Å². The highest BCUT2D eigenvalue weighted by molar-refractivity contribution is 7.18. The molecule has 3 rings (SSSR count). The molecule has 0 aliphatic rings. The van der Waals surface area contributed by atoms with E-state index in [9.17, 15) is 4.79 Å². The van der Waals surface area contributed by atoms with Crippen LogP contribution in [0, 0.1) is 6.92 Å². The second-order valence-corrected chi connectivity index (χ2v) is 6.97. The predicted octanol–water partition coefficient (Wildman–Crippen LogP) is 3.76. The lowest BCUT2D eigenvalue weighted by Crippen LogP contribution is -2.39. The number of hydrogen-bond acceptors (Lipinski definition) is 4. The van der Waals surface area contributed by atoms with Gasteiger partial charge in [0.25, 0.3) is 0 Å². The molecule has 124 valence electrons. The molecule has 0 aliphatic heterocycles. The van der Waals surface area contributed by atoms with E-state index in [1.165, 1.54) is 10.3 Å². The Morgan fingerprint density at radius 3 is 2.67 bits per heavy atom. The number of hydrogen-bond donors (Lipinski definition) is 2. The molecule has 24 heavy (non-hydrogen) atoms. The van der Waals surface area contributed by atoms with Gasteiger partial charge >= 0.3 is 0 Å². The smallest absolute Gasteiger partial charge is 0.241 e. The number of para-hydroxylation sites is 1. The quantitative estimate of drug-likeness (QED) is 0.719. The van der Waals surface area contributed by atoms with Crippen LogP contribution in [0.3, 0.4) is 0 Å². The summed E-state index contributed by atoms with van der Waals surface area (Å²) in [6.07, 6.45) is 0.821. The standard InChI is InChI=1S/C19H21N3OS/c1-13-7-9-15(10-8-13)21-19(23)14(2)20-12-11-18-22-16-5-3-4-6-17(16)24-18/h3-10,14,20H,11-12H2,1-2H3,(H,21,23)/t14-/m1/s1. The van der Waals surface area contributed by atoms with Crippen LogP contribution >= 0.6 is 11.3 Å². The van der Waals surface area contributed by atoms with Gasteiger partial charge in [0.2, 0.25) is 5.91 Å². The Hall–Kier alpha value is -2.24.